The highest BCUT2D eigenvalue weighted by Crippen LogP contribution is 2.34. The number of pyridine rings is 3. The quantitative estimate of drug-likeness (QED) is 0.210. The Morgan fingerprint density at radius 1 is 0.932 bits per heavy atom. The van der Waals surface area contributed by atoms with E-state index >= 15 is 0 Å². The lowest BCUT2D eigenvalue weighted by Gasteiger charge is -2.26. The smallest absolute Gasteiger partial charge is 0.209 e. The number of piperidine rings is 1. The lowest BCUT2D eigenvalue weighted by Crippen LogP contribution is -2.29. The Morgan fingerprint density at radius 3 is 2.61 bits per heavy atom. The van der Waals surface area contributed by atoms with Gasteiger partial charge in [0.2, 0.25) is 10.0 Å². The third-order valence-electron chi connectivity index (χ3n) is 7.99. The van der Waals surface area contributed by atoms with Crippen LogP contribution in [-0.2, 0) is 23.1 Å². The van der Waals surface area contributed by atoms with Gasteiger partial charge in [0.1, 0.15) is 17.2 Å². The van der Waals surface area contributed by atoms with E-state index in [1.54, 1.807) is 18.5 Å². The summed E-state index contributed by atoms with van der Waals surface area (Å²) >= 11 is 0. The molecule has 0 unspecified atom stereocenters. The van der Waals surface area contributed by atoms with Gasteiger partial charge < -0.3 is 4.98 Å². The van der Waals surface area contributed by atoms with E-state index in [2.05, 4.69) is 45.8 Å². The molecular formula is C32H31FN8O2S. The normalized spacial score (nSPS) is 14.5. The van der Waals surface area contributed by atoms with E-state index in [4.69, 9.17) is 0 Å². The molecular weight excluding hydrogens is 579 g/mol. The van der Waals surface area contributed by atoms with Crippen LogP contribution in [0.25, 0.3) is 55.7 Å². The Hall–Kier alpha value is -4.52. The van der Waals surface area contributed by atoms with Gasteiger partial charge in [-0.1, -0.05) is 6.42 Å². The van der Waals surface area contributed by atoms with Crippen molar-refractivity contribution >= 4 is 32.0 Å². The van der Waals surface area contributed by atoms with Gasteiger partial charge in [0, 0.05) is 48.0 Å². The van der Waals surface area contributed by atoms with Crippen molar-refractivity contribution in [2.45, 2.75) is 32.4 Å². The van der Waals surface area contributed by atoms with Gasteiger partial charge in [-0.2, -0.15) is 5.10 Å². The molecule has 3 N–H and O–H groups in total. The number of hydrogen-bond acceptors (Lipinski definition) is 7. The van der Waals surface area contributed by atoms with Crippen LogP contribution in [-0.4, -0.2) is 62.8 Å². The maximum absolute atomic E-state index is 14.6. The van der Waals surface area contributed by atoms with Crippen LogP contribution in [0.4, 0.5) is 4.39 Å². The van der Waals surface area contributed by atoms with Crippen molar-refractivity contribution in [3.63, 3.8) is 0 Å². The predicted octanol–water partition coefficient (Wildman–Crippen LogP) is 5.40. The second kappa shape index (κ2) is 11.5. The fraction of sp³-hybridized carbons (Fsp3) is 0.250. The minimum Gasteiger partial charge on any atom is -0.338 e. The molecule has 44 heavy (non-hydrogen) atoms. The number of nitrogens with one attached hydrogen (secondary N) is 3. The topological polar surface area (TPSA) is 133 Å². The number of hydrogen-bond donors (Lipinski definition) is 3. The summed E-state index contributed by atoms with van der Waals surface area (Å²) in [5.41, 5.74) is 7.68. The summed E-state index contributed by atoms with van der Waals surface area (Å²) in [7, 11) is -3.42. The van der Waals surface area contributed by atoms with E-state index in [0.717, 1.165) is 64.7 Å². The maximum atomic E-state index is 14.6. The fourth-order valence-electron chi connectivity index (χ4n) is 5.90. The second-order valence-electron chi connectivity index (χ2n) is 11.4. The van der Waals surface area contributed by atoms with Gasteiger partial charge in [-0.3, -0.25) is 20.0 Å². The van der Waals surface area contributed by atoms with E-state index in [0.29, 0.717) is 22.5 Å². The first-order valence-corrected chi connectivity index (χ1v) is 16.4. The minimum atomic E-state index is -3.42. The zero-order chi connectivity index (χ0) is 30.3. The Labute approximate surface area is 253 Å². The molecule has 0 atom stereocenters. The first-order chi connectivity index (χ1) is 21.3. The van der Waals surface area contributed by atoms with Crippen molar-refractivity contribution in [3.8, 4) is 33.8 Å². The summed E-state index contributed by atoms with van der Waals surface area (Å²) in [4.78, 5) is 19.6. The lowest BCUT2D eigenvalue weighted by atomic mass is 10.0. The van der Waals surface area contributed by atoms with Crippen LogP contribution >= 0.6 is 0 Å². The molecule has 1 aliphatic rings. The second-order valence-corrected chi connectivity index (χ2v) is 13.2. The summed E-state index contributed by atoms with van der Waals surface area (Å²) in [5, 5.41) is 9.36. The summed E-state index contributed by atoms with van der Waals surface area (Å²) in [6, 6.07) is 12.5. The first kappa shape index (κ1) is 28.3. The molecule has 6 aromatic rings. The Balaban J connectivity index is 1.23. The van der Waals surface area contributed by atoms with Crippen LogP contribution in [0.15, 0.2) is 67.3 Å². The molecule has 10 nitrogen and oxygen atoms in total. The molecule has 0 saturated carbocycles. The van der Waals surface area contributed by atoms with Crippen molar-refractivity contribution in [1.82, 2.24) is 39.8 Å². The zero-order valence-corrected chi connectivity index (χ0v) is 25.0. The minimum absolute atomic E-state index is 0.0114. The molecule has 5 aromatic heterocycles. The summed E-state index contributed by atoms with van der Waals surface area (Å²) in [5.74, 6) is -0.457. The summed E-state index contributed by atoms with van der Waals surface area (Å²) < 4.78 is 40.2. The van der Waals surface area contributed by atoms with Crippen molar-refractivity contribution < 1.29 is 12.8 Å². The molecule has 1 aliphatic heterocycles. The number of halogens is 1. The van der Waals surface area contributed by atoms with Crippen LogP contribution < -0.4 is 4.72 Å². The Kier molecular flexibility index (Phi) is 7.40. The van der Waals surface area contributed by atoms with E-state index < -0.39 is 15.8 Å². The largest absolute Gasteiger partial charge is 0.338 e. The zero-order valence-electron chi connectivity index (χ0n) is 24.1. The number of sulfonamides is 1. The predicted molar refractivity (Wildman–Crippen MR) is 168 cm³/mol. The molecule has 7 rings (SSSR count). The van der Waals surface area contributed by atoms with Crippen LogP contribution in [0.5, 0.6) is 0 Å². The number of rotatable bonds is 8. The van der Waals surface area contributed by atoms with Crippen LogP contribution in [0.1, 0.15) is 30.4 Å². The number of benzene rings is 1. The average Bonchev–Trinajstić information content (AvgIpc) is 3.64. The highest BCUT2D eigenvalue weighted by atomic mass is 32.2. The number of H-pyrrole nitrogens is 2. The van der Waals surface area contributed by atoms with Gasteiger partial charge in [-0.15, -0.1) is 0 Å². The average molecular weight is 611 g/mol. The van der Waals surface area contributed by atoms with E-state index in [1.807, 2.05) is 30.6 Å². The van der Waals surface area contributed by atoms with Gasteiger partial charge in [-0.25, -0.2) is 22.5 Å². The molecule has 1 fully saturated rings. The Morgan fingerprint density at radius 2 is 1.77 bits per heavy atom. The number of aromatic nitrogens is 6. The van der Waals surface area contributed by atoms with Crippen LogP contribution in [0.3, 0.4) is 0 Å². The van der Waals surface area contributed by atoms with E-state index in [-0.39, 0.29) is 6.54 Å². The molecule has 12 heteroatoms. The number of likely N-dealkylation sites (tertiary alicyclic amines) is 1. The highest BCUT2D eigenvalue weighted by molar-refractivity contribution is 7.88. The molecule has 0 amide bonds. The lowest BCUT2D eigenvalue weighted by molar-refractivity contribution is 0.220. The summed E-state index contributed by atoms with van der Waals surface area (Å²) in [6.45, 7) is 3.11. The molecule has 0 spiro atoms. The van der Waals surface area contributed by atoms with Crippen LogP contribution in [0, 0.1) is 5.82 Å². The molecule has 0 bridgehead atoms. The van der Waals surface area contributed by atoms with Gasteiger partial charge in [0.05, 0.1) is 29.4 Å². The van der Waals surface area contributed by atoms with Crippen molar-refractivity contribution in [1.29, 1.82) is 0 Å². The number of nitrogens with zero attached hydrogens (tertiary/aromatic N) is 5. The summed E-state index contributed by atoms with van der Waals surface area (Å²) in [6.07, 6.45) is 12.1. The monoisotopic (exact) mass is 610 g/mol. The van der Waals surface area contributed by atoms with E-state index in [9.17, 15) is 12.8 Å². The molecule has 6 heterocycles. The van der Waals surface area contributed by atoms with Gasteiger partial charge in [0.15, 0.2) is 0 Å². The molecule has 1 aromatic carbocycles. The third kappa shape index (κ3) is 5.96. The van der Waals surface area contributed by atoms with Crippen molar-refractivity contribution in [3.05, 3.63) is 84.2 Å². The highest BCUT2D eigenvalue weighted by Gasteiger charge is 2.17. The van der Waals surface area contributed by atoms with Gasteiger partial charge in [0.25, 0.3) is 0 Å². The third-order valence-corrected chi connectivity index (χ3v) is 8.66. The number of fused-ring (bicyclic) bond motifs is 2. The maximum Gasteiger partial charge on any atom is 0.209 e. The van der Waals surface area contributed by atoms with E-state index in [1.165, 1.54) is 37.0 Å². The van der Waals surface area contributed by atoms with Gasteiger partial charge >= 0.3 is 0 Å². The first-order valence-electron chi connectivity index (χ1n) is 14.5. The van der Waals surface area contributed by atoms with Crippen molar-refractivity contribution in [2.24, 2.45) is 0 Å². The number of aromatic amines is 2. The SMILES string of the molecule is CS(=O)(=O)NCc1cc(F)cc(-c2ccnc3[nH]c(-c4n[nH]c5cnc(-c6cncc(CN7CCCCC7)c6)cc45)cc23)c1. The van der Waals surface area contributed by atoms with Crippen molar-refractivity contribution in [2.75, 3.05) is 19.3 Å². The molecule has 0 radical (unpaired) electrons. The van der Waals surface area contributed by atoms with Gasteiger partial charge in [-0.05, 0) is 90.6 Å². The Bertz CT molecular complexity index is 2100. The molecule has 0 aliphatic carbocycles. The molecule has 224 valence electrons. The fourth-order valence-corrected chi connectivity index (χ4v) is 6.33. The molecule has 1 saturated heterocycles. The van der Waals surface area contributed by atoms with Crippen LogP contribution in [0.2, 0.25) is 0 Å². The standard InChI is InChI=1S/C32H31FN8O2S/c1-44(42,43)37-16-20-9-22(12-24(33)11-20)25-5-6-35-32-26(25)13-29(38-32)31-27-14-28(36-18-30(27)39-40-31)23-10-21(15-34-17-23)19-41-7-3-2-4-8-41/h5-6,9-15,17-18,37H,2-4,7-8,16,19H2,1H3,(H,35,38)(H,39,40).